The Morgan fingerprint density at radius 1 is 1.23 bits per heavy atom. The summed E-state index contributed by atoms with van der Waals surface area (Å²) in [4.78, 5) is 2.35. The molecular weight excluding hydrogens is 160 g/mol. The number of nitrogens with two attached hydrogens (primary N) is 1. The minimum atomic E-state index is 0.363. The van der Waals surface area contributed by atoms with Gasteiger partial charge in [-0.1, -0.05) is 27.2 Å². The maximum atomic E-state index is 5.95. The molecule has 0 aliphatic heterocycles. The average Bonchev–Trinajstić information content (AvgIpc) is 2.01. The molecule has 0 aromatic heterocycles. The van der Waals surface area contributed by atoms with Crippen molar-refractivity contribution in [1.29, 1.82) is 0 Å². The molecule has 0 aromatic carbocycles. The van der Waals surface area contributed by atoms with Gasteiger partial charge < -0.3 is 10.6 Å². The smallest absolute Gasteiger partial charge is 0.0167 e. The molecule has 1 unspecified atom stereocenters. The van der Waals surface area contributed by atoms with E-state index in [0.29, 0.717) is 6.04 Å². The SMILES string of the molecule is CCCC(N)CN(C)CCC(C)C. The largest absolute Gasteiger partial charge is 0.327 e. The molecule has 0 bridgehead atoms. The second-order valence-corrected chi connectivity index (χ2v) is 4.49. The highest BCUT2D eigenvalue weighted by Gasteiger charge is 2.05. The zero-order valence-corrected chi connectivity index (χ0v) is 9.71. The minimum absolute atomic E-state index is 0.363. The summed E-state index contributed by atoms with van der Waals surface area (Å²) in [6.45, 7) is 8.93. The summed E-state index contributed by atoms with van der Waals surface area (Å²) < 4.78 is 0. The Labute approximate surface area is 83.5 Å². The molecule has 13 heavy (non-hydrogen) atoms. The first-order chi connectivity index (χ1) is 6.06. The molecule has 2 nitrogen and oxygen atoms in total. The third-order valence-electron chi connectivity index (χ3n) is 2.29. The Hall–Kier alpha value is -0.0800. The van der Waals surface area contributed by atoms with Crippen molar-refractivity contribution < 1.29 is 0 Å². The Balaban J connectivity index is 3.43. The number of rotatable bonds is 7. The zero-order chi connectivity index (χ0) is 10.3. The second kappa shape index (κ2) is 7.34. The number of likely N-dealkylation sites (N-methyl/N-ethyl adjacent to an activating group) is 1. The maximum absolute atomic E-state index is 5.95. The van der Waals surface area contributed by atoms with Crippen LogP contribution in [0.1, 0.15) is 40.0 Å². The van der Waals surface area contributed by atoms with Crippen molar-refractivity contribution in [2.75, 3.05) is 20.1 Å². The first-order valence-electron chi connectivity index (χ1n) is 5.50. The van der Waals surface area contributed by atoms with Gasteiger partial charge in [0.25, 0.3) is 0 Å². The van der Waals surface area contributed by atoms with Crippen LogP contribution in [0.4, 0.5) is 0 Å². The Morgan fingerprint density at radius 3 is 2.31 bits per heavy atom. The summed E-state index contributed by atoms with van der Waals surface area (Å²) in [6, 6.07) is 0.363. The molecule has 0 saturated heterocycles. The summed E-state index contributed by atoms with van der Waals surface area (Å²) in [5.74, 6) is 0.796. The van der Waals surface area contributed by atoms with Crippen molar-refractivity contribution in [3.8, 4) is 0 Å². The highest BCUT2D eigenvalue weighted by molar-refractivity contribution is 4.65. The molecule has 2 N–H and O–H groups in total. The van der Waals surface area contributed by atoms with Gasteiger partial charge in [-0.25, -0.2) is 0 Å². The van der Waals surface area contributed by atoms with Crippen molar-refractivity contribution >= 4 is 0 Å². The molecule has 0 saturated carbocycles. The van der Waals surface area contributed by atoms with Crippen LogP contribution in [0.3, 0.4) is 0 Å². The van der Waals surface area contributed by atoms with Crippen LogP contribution in [0, 0.1) is 5.92 Å². The van der Waals surface area contributed by atoms with Gasteiger partial charge in [0.2, 0.25) is 0 Å². The van der Waals surface area contributed by atoms with Gasteiger partial charge in [0.05, 0.1) is 0 Å². The fourth-order valence-corrected chi connectivity index (χ4v) is 1.43. The van der Waals surface area contributed by atoms with E-state index in [2.05, 4.69) is 32.7 Å². The predicted molar refractivity (Wildman–Crippen MR) is 59.8 cm³/mol. The van der Waals surface area contributed by atoms with E-state index in [1.54, 1.807) is 0 Å². The number of nitrogens with zero attached hydrogens (tertiary/aromatic N) is 1. The lowest BCUT2D eigenvalue weighted by molar-refractivity contribution is 0.286. The van der Waals surface area contributed by atoms with Crippen LogP contribution < -0.4 is 5.73 Å². The molecule has 0 rings (SSSR count). The van der Waals surface area contributed by atoms with E-state index in [4.69, 9.17) is 5.73 Å². The Bertz CT molecular complexity index is 113. The maximum Gasteiger partial charge on any atom is 0.0167 e. The summed E-state index contributed by atoms with van der Waals surface area (Å²) in [6.07, 6.45) is 3.61. The minimum Gasteiger partial charge on any atom is -0.327 e. The van der Waals surface area contributed by atoms with Crippen molar-refractivity contribution in [1.82, 2.24) is 4.90 Å². The molecule has 0 spiro atoms. The Morgan fingerprint density at radius 2 is 1.85 bits per heavy atom. The Kier molecular flexibility index (Phi) is 7.29. The van der Waals surface area contributed by atoms with Gasteiger partial charge >= 0.3 is 0 Å². The van der Waals surface area contributed by atoms with E-state index in [1.807, 2.05) is 0 Å². The lowest BCUT2D eigenvalue weighted by atomic mass is 10.1. The molecule has 0 amide bonds. The molecular formula is C11H26N2. The molecule has 0 aliphatic carbocycles. The number of hydrogen-bond acceptors (Lipinski definition) is 2. The summed E-state index contributed by atoms with van der Waals surface area (Å²) in [7, 11) is 2.16. The van der Waals surface area contributed by atoms with E-state index in [1.165, 1.54) is 19.4 Å². The topological polar surface area (TPSA) is 29.3 Å². The van der Waals surface area contributed by atoms with Crippen molar-refractivity contribution in [3.63, 3.8) is 0 Å². The van der Waals surface area contributed by atoms with Gasteiger partial charge in [-0.2, -0.15) is 0 Å². The lowest BCUT2D eigenvalue weighted by Crippen LogP contribution is -2.35. The second-order valence-electron chi connectivity index (χ2n) is 4.49. The van der Waals surface area contributed by atoms with E-state index in [9.17, 15) is 0 Å². The zero-order valence-electron chi connectivity index (χ0n) is 9.71. The molecule has 0 aromatic rings. The molecule has 0 heterocycles. The van der Waals surface area contributed by atoms with Crippen LogP contribution in [0.25, 0.3) is 0 Å². The van der Waals surface area contributed by atoms with Crippen molar-refractivity contribution in [3.05, 3.63) is 0 Å². The fourth-order valence-electron chi connectivity index (χ4n) is 1.43. The molecule has 1 atom stereocenters. The monoisotopic (exact) mass is 186 g/mol. The van der Waals surface area contributed by atoms with Crippen LogP contribution in [-0.4, -0.2) is 31.1 Å². The van der Waals surface area contributed by atoms with Crippen molar-refractivity contribution in [2.24, 2.45) is 11.7 Å². The summed E-state index contributed by atoms with van der Waals surface area (Å²) in [5.41, 5.74) is 5.95. The van der Waals surface area contributed by atoms with Gasteiger partial charge in [0, 0.05) is 12.6 Å². The van der Waals surface area contributed by atoms with Gasteiger partial charge in [0.1, 0.15) is 0 Å². The quantitative estimate of drug-likeness (QED) is 0.659. The molecule has 0 radical (unpaired) electrons. The van der Waals surface area contributed by atoms with E-state index < -0.39 is 0 Å². The third kappa shape index (κ3) is 8.26. The average molecular weight is 186 g/mol. The van der Waals surface area contributed by atoms with E-state index in [-0.39, 0.29) is 0 Å². The van der Waals surface area contributed by atoms with Crippen molar-refractivity contribution in [2.45, 2.75) is 46.1 Å². The van der Waals surface area contributed by atoms with Crippen LogP contribution in [0.2, 0.25) is 0 Å². The first-order valence-corrected chi connectivity index (χ1v) is 5.50. The van der Waals surface area contributed by atoms with Crippen LogP contribution in [-0.2, 0) is 0 Å². The van der Waals surface area contributed by atoms with Gasteiger partial charge in [0.15, 0.2) is 0 Å². The van der Waals surface area contributed by atoms with Crippen LogP contribution >= 0.6 is 0 Å². The summed E-state index contributed by atoms with van der Waals surface area (Å²) >= 11 is 0. The standard InChI is InChI=1S/C11H26N2/c1-5-6-11(12)9-13(4)8-7-10(2)3/h10-11H,5-9,12H2,1-4H3. The predicted octanol–water partition coefficient (Wildman–Crippen LogP) is 2.09. The molecule has 0 aliphatic rings. The lowest BCUT2D eigenvalue weighted by Gasteiger charge is -2.21. The molecule has 80 valence electrons. The first kappa shape index (κ1) is 12.9. The van der Waals surface area contributed by atoms with Crippen LogP contribution in [0.5, 0.6) is 0 Å². The highest BCUT2D eigenvalue weighted by atomic mass is 15.1. The van der Waals surface area contributed by atoms with E-state index >= 15 is 0 Å². The molecule has 0 fully saturated rings. The van der Waals surface area contributed by atoms with E-state index in [0.717, 1.165) is 18.9 Å². The number of hydrogen-bond donors (Lipinski definition) is 1. The summed E-state index contributed by atoms with van der Waals surface area (Å²) in [5, 5.41) is 0. The normalized spacial score (nSPS) is 14.1. The van der Waals surface area contributed by atoms with Gasteiger partial charge in [-0.15, -0.1) is 0 Å². The van der Waals surface area contributed by atoms with Crippen LogP contribution in [0.15, 0.2) is 0 Å². The fraction of sp³-hybridized carbons (Fsp3) is 1.00. The highest BCUT2D eigenvalue weighted by Crippen LogP contribution is 2.02. The van der Waals surface area contributed by atoms with Gasteiger partial charge in [-0.05, 0) is 32.4 Å². The molecule has 2 heteroatoms. The van der Waals surface area contributed by atoms with Gasteiger partial charge in [-0.3, -0.25) is 0 Å². The third-order valence-corrected chi connectivity index (χ3v) is 2.29.